The predicted molar refractivity (Wildman–Crippen MR) is 117 cm³/mol. The lowest BCUT2D eigenvalue weighted by Gasteiger charge is -2.27. The number of rotatable bonds is 7. The highest BCUT2D eigenvalue weighted by Gasteiger charge is 2.16. The second kappa shape index (κ2) is 9.54. The van der Waals surface area contributed by atoms with Crippen molar-refractivity contribution in [3.05, 3.63) is 71.3 Å². The number of benzene rings is 2. The first kappa shape index (κ1) is 20.1. The number of ether oxygens (including phenoxy) is 2. The summed E-state index contributed by atoms with van der Waals surface area (Å²) in [6.45, 7) is 3.67. The van der Waals surface area contributed by atoms with Crippen molar-refractivity contribution in [2.24, 2.45) is 0 Å². The smallest absolute Gasteiger partial charge is 0.228 e. The third kappa shape index (κ3) is 5.04. The van der Waals surface area contributed by atoms with Gasteiger partial charge in [0, 0.05) is 39.0 Å². The Hall–Kier alpha value is -3.19. The van der Waals surface area contributed by atoms with Gasteiger partial charge >= 0.3 is 0 Å². The molecule has 1 aliphatic rings. The Morgan fingerprint density at radius 2 is 1.20 bits per heavy atom. The first-order valence-electron chi connectivity index (χ1n) is 10.2. The van der Waals surface area contributed by atoms with Gasteiger partial charge in [0.15, 0.2) is 0 Å². The van der Waals surface area contributed by atoms with Gasteiger partial charge in [-0.3, -0.25) is 0 Å². The van der Waals surface area contributed by atoms with Crippen molar-refractivity contribution in [3.63, 3.8) is 0 Å². The Morgan fingerprint density at radius 3 is 1.63 bits per heavy atom. The van der Waals surface area contributed by atoms with Crippen LogP contribution in [0.2, 0.25) is 0 Å². The van der Waals surface area contributed by atoms with Crippen molar-refractivity contribution >= 4 is 5.95 Å². The molecule has 0 aliphatic carbocycles. The molecule has 0 saturated carbocycles. The molecular formula is C23H27N5O2. The summed E-state index contributed by atoms with van der Waals surface area (Å²) >= 11 is 0. The summed E-state index contributed by atoms with van der Waals surface area (Å²) in [4.78, 5) is 16.6. The van der Waals surface area contributed by atoms with Crippen LogP contribution in [-0.4, -0.2) is 55.4 Å². The van der Waals surface area contributed by atoms with Gasteiger partial charge in [0.2, 0.25) is 5.95 Å². The summed E-state index contributed by atoms with van der Waals surface area (Å²) in [5, 5.41) is 3.38. The third-order valence-corrected chi connectivity index (χ3v) is 5.16. The van der Waals surface area contributed by atoms with E-state index >= 15 is 0 Å². The van der Waals surface area contributed by atoms with Crippen LogP contribution in [0.5, 0.6) is 11.5 Å². The Labute approximate surface area is 177 Å². The normalized spacial score (nSPS) is 13.9. The summed E-state index contributed by atoms with van der Waals surface area (Å²) in [6.07, 6.45) is 1.31. The lowest BCUT2D eigenvalue weighted by Crippen LogP contribution is -2.44. The van der Waals surface area contributed by atoms with Crippen LogP contribution in [0.3, 0.4) is 0 Å². The molecule has 0 unspecified atom stereocenters. The zero-order valence-corrected chi connectivity index (χ0v) is 17.5. The molecule has 4 rings (SSSR count). The van der Waals surface area contributed by atoms with E-state index < -0.39 is 0 Å². The third-order valence-electron chi connectivity index (χ3n) is 5.16. The number of hydrogen-bond acceptors (Lipinski definition) is 7. The number of nitrogens with one attached hydrogen (secondary N) is 1. The first-order chi connectivity index (χ1) is 14.7. The zero-order chi connectivity index (χ0) is 20.8. The minimum atomic E-state index is 0.654. The van der Waals surface area contributed by atoms with Gasteiger partial charge in [-0.15, -0.1) is 0 Å². The molecule has 1 aromatic heterocycles. The topological polar surface area (TPSA) is 72.4 Å². The van der Waals surface area contributed by atoms with Gasteiger partial charge in [-0.2, -0.15) is 9.97 Å². The molecule has 3 aromatic rings. The molecule has 30 heavy (non-hydrogen) atoms. The quantitative estimate of drug-likeness (QED) is 0.647. The van der Waals surface area contributed by atoms with E-state index in [2.05, 4.69) is 34.5 Å². The van der Waals surface area contributed by atoms with Gasteiger partial charge in [0.05, 0.1) is 14.2 Å². The molecule has 1 aliphatic heterocycles. The van der Waals surface area contributed by atoms with Crippen LogP contribution in [0.25, 0.3) is 0 Å². The fourth-order valence-corrected chi connectivity index (χ4v) is 3.47. The van der Waals surface area contributed by atoms with Crippen molar-refractivity contribution in [2.75, 3.05) is 45.3 Å². The number of nitrogens with zero attached hydrogens (tertiary/aromatic N) is 4. The van der Waals surface area contributed by atoms with E-state index in [-0.39, 0.29) is 0 Å². The predicted octanol–water partition coefficient (Wildman–Crippen LogP) is 2.48. The molecule has 0 radical (unpaired) electrons. The first-order valence-corrected chi connectivity index (χ1v) is 10.2. The lowest BCUT2D eigenvalue weighted by atomic mass is 10.1. The maximum atomic E-state index is 5.26. The Bertz CT molecular complexity index is 887. The summed E-state index contributed by atoms with van der Waals surface area (Å²) in [5.41, 5.74) is 2.28. The molecule has 156 valence electrons. The highest BCUT2D eigenvalue weighted by molar-refractivity contribution is 5.35. The number of hydrogen-bond donors (Lipinski definition) is 1. The number of aromatic nitrogens is 3. The molecule has 7 heteroatoms. The minimum absolute atomic E-state index is 0.654. The highest BCUT2D eigenvalue weighted by Crippen LogP contribution is 2.18. The fourth-order valence-electron chi connectivity index (χ4n) is 3.47. The average Bonchev–Trinajstić information content (AvgIpc) is 2.80. The molecule has 0 atom stereocenters. The van der Waals surface area contributed by atoms with Gasteiger partial charge in [-0.05, 0) is 35.4 Å². The minimum Gasteiger partial charge on any atom is -0.497 e. The van der Waals surface area contributed by atoms with E-state index in [1.54, 1.807) is 14.2 Å². The summed E-state index contributed by atoms with van der Waals surface area (Å²) in [6, 6.07) is 16.1. The maximum Gasteiger partial charge on any atom is 0.228 e. The molecule has 1 saturated heterocycles. The number of anilines is 1. The standard InChI is InChI=1S/C23H27N5O2/c1-29-19-7-3-17(4-8-19)15-21-25-22(16-18-5-9-20(30-2)10-6-18)27-23(26-21)28-13-11-24-12-14-28/h3-10,24H,11-16H2,1-2H3. The monoisotopic (exact) mass is 405 g/mol. The van der Waals surface area contributed by atoms with Crippen molar-refractivity contribution in [2.45, 2.75) is 12.8 Å². The molecule has 0 spiro atoms. The van der Waals surface area contributed by atoms with E-state index in [4.69, 9.17) is 24.4 Å². The Balaban J connectivity index is 1.60. The van der Waals surface area contributed by atoms with Crippen molar-refractivity contribution in [1.82, 2.24) is 20.3 Å². The molecule has 1 N–H and O–H groups in total. The Morgan fingerprint density at radius 1 is 0.733 bits per heavy atom. The summed E-state index contributed by atoms with van der Waals surface area (Å²) in [7, 11) is 3.35. The lowest BCUT2D eigenvalue weighted by molar-refractivity contribution is 0.414. The van der Waals surface area contributed by atoms with Gasteiger partial charge in [0.25, 0.3) is 0 Å². The molecule has 0 bridgehead atoms. The molecule has 7 nitrogen and oxygen atoms in total. The van der Waals surface area contributed by atoms with Crippen LogP contribution in [-0.2, 0) is 12.8 Å². The van der Waals surface area contributed by atoms with Crippen LogP contribution < -0.4 is 19.7 Å². The SMILES string of the molecule is COc1ccc(Cc2nc(Cc3ccc(OC)cc3)nc(N3CCNCC3)n2)cc1. The number of piperazine rings is 1. The average molecular weight is 406 g/mol. The van der Waals surface area contributed by atoms with Crippen LogP contribution in [0.15, 0.2) is 48.5 Å². The van der Waals surface area contributed by atoms with Crippen molar-refractivity contribution in [1.29, 1.82) is 0 Å². The molecule has 0 amide bonds. The summed E-state index contributed by atoms with van der Waals surface area (Å²) in [5.74, 6) is 4.02. The number of methoxy groups -OCH3 is 2. The largest absolute Gasteiger partial charge is 0.497 e. The van der Waals surface area contributed by atoms with Crippen LogP contribution in [0.1, 0.15) is 22.8 Å². The maximum absolute atomic E-state index is 5.26. The van der Waals surface area contributed by atoms with Crippen LogP contribution in [0.4, 0.5) is 5.95 Å². The van der Waals surface area contributed by atoms with Crippen molar-refractivity contribution in [3.8, 4) is 11.5 Å². The fraction of sp³-hybridized carbons (Fsp3) is 0.348. The van der Waals surface area contributed by atoms with Gasteiger partial charge in [-0.1, -0.05) is 24.3 Å². The van der Waals surface area contributed by atoms with Crippen molar-refractivity contribution < 1.29 is 9.47 Å². The Kier molecular flexibility index (Phi) is 6.39. The van der Waals surface area contributed by atoms with E-state index in [0.29, 0.717) is 12.8 Å². The zero-order valence-electron chi connectivity index (χ0n) is 17.5. The van der Waals surface area contributed by atoms with E-state index in [1.807, 2.05) is 24.3 Å². The second-order valence-electron chi connectivity index (χ2n) is 7.25. The molecule has 2 heterocycles. The van der Waals surface area contributed by atoms with Gasteiger partial charge < -0.3 is 19.7 Å². The van der Waals surface area contributed by atoms with Gasteiger partial charge in [-0.25, -0.2) is 4.98 Å². The van der Waals surface area contributed by atoms with E-state index in [9.17, 15) is 0 Å². The van der Waals surface area contributed by atoms with Gasteiger partial charge in [0.1, 0.15) is 23.1 Å². The second-order valence-corrected chi connectivity index (χ2v) is 7.25. The molecule has 2 aromatic carbocycles. The van der Waals surface area contributed by atoms with Crippen LogP contribution >= 0.6 is 0 Å². The van der Waals surface area contributed by atoms with E-state index in [1.165, 1.54) is 0 Å². The molecule has 1 fully saturated rings. The van der Waals surface area contributed by atoms with E-state index in [0.717, 1.165) is 66.4 Å². The summed E-state index contributed by atoms with van der Waals surface area (Å²) < 4.78 is 10.5. The van der Waals surface area contributed by atoms with Crippen LogP contribution in [0, 0.1) is 0 Å². The molecular weight excluding hydrogens is 378 g/mol. The highest BCUT2D eigenvalue weighted by atomic mass is 16.5.